The van der Waals surface area contributed by atoms with Crippen LogP contribution in [-0.4, -0.2) is 9.79 Å². The van der Waals surface area contributed by atoms with E-state index >= 15 is 0 Å². The predicted octanol–water partition coefficient (Wildman–Crippen LogP) is 1.89. The second-order valence-electron chi connectivity index (χ2n) is 2.85. The molecule has 0 saturated heterocycles. The Morgan fingerprint density at radius 1 is 1.31 bits per heavy atom. The zero-order chi connectivity index (χ0) is 10.1. The Balaban J connectivity index is 2.97. The van der Waals surface area contributed by atoms with Crippen LogP contribution in [-0.2, 0) is 11.8 Å². The van der Waals surface area contributed by atoms with Crippen LogP contribution in [0.4, 0.5) is 0 Å². The molecule has 0 fully saturated rings. The normalized spacial score (nSPS) is 11.4. The fourth-order valence-corrected chi connectivity index (χ4v) is 1.73. The maximum Gasteiger partial charge on any atom is 0.375 e. The average Bonchev–Trinajstić information content (AvgIpc) is 1.93. The summed E-state index contributed by atoms with van der Waals surface area (Å²) >= 11 is 4.36. The Morgan fingerprint density at radius 2 is 1.92 bits per heavy atom. The molecule has 0 amide bonds. The highest BCUT2D eigenvalue weighted by atomic mass is 32.5. The van der Waals surface area contributed by atoms with Crippen LogP contribution in [0.3, 0.4) is 0 Å². The van der Waals surface area contributed by atoms with E-state index < -0.39 is 6.72 Å². The summed E-state index contributed by atoms with van der Waals surface area (Å²) in [5.41, 5.74) is 1.94. The zero-order valence-electron chi connectivity index (χ0n) is 7.39. The number of hydrogen-bond acceptors (Lipinski definition) is 2. The van der Waals surface area contributed by atoms with Gasteiger partial charge in [-0.25, -0.2) is 0 Å². The van der Waals surface area contributed by atoms with E-state index in [1.54, 1.807) is 6.07 Å². The van der Waals surface area contributed by atoms with E-state index in [0.717, 1.165) is 11.1 Å². The summed E-state index contributed by atoms with van der Waals surface area (Å²) in [5.74, 6) is 0.430. The lowest BCUT2D eigenvalue weighted by atomic mass is 10.1. The summed E-state index contributed by atoms with van der Waals surface area (Å²) in [7, 11) is 0. The van der Waals surface area contributed by atoms with Gasteiger partial charge in [-0.05, 0) is 25.5 Å². The van der Waals surface area contributed by atoms with Gasteiger partial charge in [0.15, 0.2) is 0 Å². The van der Waals surface area contributed by atoms with Crippen molar-refractivity contribution in [2.45, 2.75) is 13.8 Å². The van der Waals surface area contributed by atoms with Crippen LogP contribution in [0.15, 0.2) is 18.2 Å². The highest BCUT2D eigenvalue weighted by molar-refractivity contribution is 8.06. The molecule has 2 N–H and O–H groups in total. The van der Waals surface area contributed by atoms with Crippen LogP contribution in [0.25, 0.3) is 0 Å². The van der Waals surface area contributed by atoms with Crippen molar-refractivity contribution in [1.82, 2.24) is 0 Å². The van der Waals surface area contributed by atoms with E-state index in [4.69, 9.17) is 14.3 Å². The fraction of sp³-hybridized carbons (Fsp3) is 0.250. The molecule has 0 heterocycles. The van der Waals surface area contributed by atoms with E-state index in [1.807, 2.05) is 26.0 Å². The first-order valence-corrected chi connectivity index (χ1v) is 6.33. The molecule has 0 saturated carbocycles. The molecule has 0 aliphatic heterocycles. The molecule has 1 rings (SSSR count). The number of aryl methyl sites for hydroxylation is 2. The van der Waals surface area contributed by atoms with Crippen LogP contribution >= 0.6 is 6.72 Å². The molecule has 1 aromatic rings. The van der Waals surface area contributed by atoms with Crippen LogP contribution in [0.2, 0.25) is 0 Å². The molecule has 0 bridgehead atoms. The number of rotatable bonds is 2. The van der Waals surface area contributed by atoms with Gasteiger partial charge < -0.3 is 14.3 Å². The smallest absolute Gasteiger partial charge is 0.375 e. The molecule has 13 heavy (non-hydrogen) atoms. The average molecular weight is 218 g/mol. The van der Waals surface area contributed by atoms with Crippen LogP contribution in [0.5, 0.6) is 5.75 Å². The molecule has 1 aromatic carbocycles. The largest absolute Gasteiger partial charge is 0.424 e. The van der Waals surface area contributed by atoms with E-state index in [2.05, 4.69) is 11.8 Å². The van der Waals surface area contributed by atoms with Gasteiger partial charge in [0.1, 0.15) is 5.75 Å². The minimum atomic E-state index is -3.60. The van der Waals surface area contributed by atoms with Gasteiger partial charge in [0.2, 0.25) is 0 Å². The van der Waals surface area contributed by atoms with E-state index in [1.165, 1.54) is 0 Å². The first-order valence-electron chi connectivity index (χ1n) is 3.71. The standard InChI is InChI=1S/C8H11O3PS/c1-6-3-4-8(7(2)5-6)11-12(9,10)13/h3-5H,1-2H3,(H2,9,10,13). The predicted molar refractivity (Wildman–Crippen MR) is 55.3 cm³/mol. The summed E-state index contributed by atoms with van der Waals surface area (Å²) < 4.78 is 4.82. The van der Waals surface area contributed by atoms with Crippen molar-refractivity contribution in [1.29, 1.82) is 0 Å². The Morgan fingerprint density at radius 3 is 2.38 bits per heavy atom. The van der Waals surface area contributed by atoms with Crippen LogP contribution in [0, 0.1) is 13.8 Å². The van der Waals surface area contributed by atoms with Gasteiger partial charge in [0.25, 0.3) is 0 Å². The molecule has 0 radical (unpaired) electrons. The lowest BCUT2D eigenvalue weighted by Crippen LogP contribution is -1.92. The van der Waals surface area contributed by atoms with Crippen molar-refractivity contribution in [2.75, 3.05) is 0 Å². The SMILES string of the molecule is Cc1ccc(OP(O)(O)=S)c(C)c1. The minimum Gasteiger partial charge on any atom is -0.424 e. The minimum absolute atomic E-state index is 0.430. The van der Waals surface area contributed by atoms with Crippen molar-refractivity contribution >= 4 is 18.5 Å². The Hall–Kier alpha value is -0.410. The van der Waals surface area contributed by atoms with E-state index in [0.29, 0.717) is 5.75 Å². The Labute approximate surface area is 82.2 Å². The van der Waals surface area contributed by atoms with Gasteiger partial charge in [-0.2, -0.15) is 0 Å². The van der Waals surface area contributed by atoms with Crippen molar-refractivity contribution < 1.29 is 14.3 Å². The molecule has 72 valence electrons. The molecular formula is C8H11O3PS. The monoisotopic (exact) mass is 218 g/mol. The van der Waals surface area contributed by atoms with Gasteiger partial charge in [-0.15, -0.1) is 0 Å². The zero-order valence-corrected chi connectivity index (χ0v) is 9.10. The highest BCUT2D eigenvalue weighted by Gasteiger charge is 2.11. The van der Waals surface area contributed by atoms with Crippen molar-refractivity contribution in [3.8, 4) is 5.75 Å². The second-order valence-corrected chi connectivity index (χ2v) is 5.44. The molecule has 0 unspecified atom stereocenters. The number of hydrogen-bond donors (Lipinski definition) is 2. The van der Waals surface area contributed by atoms with Crippen molar-refractivity contribution in [3.63, 3.8) is 0 Å². The first-order chi connectivity index (χ1) is 5.88. The van der Waals surface area contributed by atoms with Gasteiger partial charge in [-0.1, -0.05) is 17.7 Å². The van der Waals surface area contributed by atoms with E-state index in [9.17, 15) is 0 Å². The van der Waals surface area contributed by atoms with Gasteiger partial charge in [0.05, 0.1) is 0 Å². The fourth-order valence-electron chi connectivity index (χ4n) is 1.03. The Kier molecular flexibility index (Phi) is 3.09. The van der Waals surface area contributed by atoms with Crippen molar-refractivity contribution in [3.05, 3.63) is 29.3 Å². The summed E-state index contributed by atoms with van der Waals surface area (Å²) in [6.45, 7) is 0.180. The third-order valence-electron chi connectivity index (χ3n) is 1.55. The summed E-state index contributed by atoms with van der Waals surface area (Å²) in [4.78, 5) is 17.8. The summed E-state index contributed by atoms with van der Waals surface area (Å²) in [6, 6.07) is 5.39. The van der Waals surface area contributed by atoms with Gasteiger partial charge in [-0.3, -0.25) is 0 Å². The summed E-state index contributed by atoms with van der Waals surface area (Å²) in [5, 5.41) is 0. The van der Waals surface area contributed by atoms with Gasteiger partial charge >= 0.3 is 6.72 Å². The van der Waals surface area contributed by atoms with E-state index in [-0.39, 0.29) is 0 Å². The Bertz CT molecular complexity index is 358. The first kappa shape index (κ1) is 10.7. The third kappa shape index (κ3) is 3.44. The molecule has 0 aromatic heterocycles. The topological polar surface area (TPSA) is 49.7 Å². The molecule has 0 spiro atoms. The number of benzene rings is 1. The highest BCUT2D eigenvalue weighted by Crippen LogP contribution is 2.39. The molecule has 0 aliphatic rings. The van der Waals surface area contributed by atoms with Gasteiger partial charge in [0, 0.05) is 11.8 Å². The van der Waals surface area contributed by atoms with Crippen molar-refractivity contribution in [2.24, 2.45) is 0 Å². The molecule has 5 heteroatoms. The molecular weight excluding hydrogens is 207 g/mol. The van der Waals surface area contributed by atoms with Crippen LogP contribution in [0.1, 0.15) is 11.1 Å². The van der Waals surface area contributed by atoms with Crippen LogP contribution < -0.4 is 4.52 Å². The lowest BCUT2D eigenvalue weighted by molar-refractivity contribution is 0.369. The molecule has 0 aliphatic carbocycles. The second kappa shape index (κ2) is 3.76. The molecule has 0 atom stereocenters. The molecule has 3 nitrogen and oxygen atoms in total. The maximum absolute atomic E-state index is 8.92. The lowest BCUT2D eigenvalue weighted by Gasteiger charge is -2.12. The maximum atomic E-state index is 8.92. The quantitative estimate of drug-likeness (QED) is 0.744. The third-order valence-corrected chi connectivity index (χ3v) is 2.21. The summed E-state index contributed by atoms with van der Waals surface area (Å²) in [6.07, 6.45) is 0.